The fourth-order valence-corrected chi connectivity index (χ4v) is 3.24. The van der Waals surface area contributed by atoms with Gasteiger partial charge in [-0.15, -0.1) is 5.10 Å². The fraction of sp³-hybridized carbons (Fsp3) is 0.182. The maximum Gasteiger partial charge on any atom is 0.263 e. The average molecular weight is 403 g/mol. The Morgan fingerprint density at radius 3 is 2.50 bits per heavy atom. The highest BCUT2D eigenvalue weighted by molar-refractivity contribution is 6.12. The molecule has 8 heteroatoms. The summed E-state index contributed by atoms with van der Waals surface area (Å²) >= 11 is 0. The molecule has 4 aromatic rings. The normalized spacial score (nSPS) is 11.1. The van der Waals surface area contributed by atoms with Gasteiger partial charge in [-0.25, -0.2) is 0 Å². The fourth-order valence-electron chi connectivity index (χ4n) is 3.24. The van der Waals surface area contributed by atoms with Crippen molar-refractivity contribution in [2.45, 2.75) is 19.8 Å². The number of carbonyl (C=O) groups excluding carboxylic acids is 1. The van der Waals surface area contributed by atoms with Gasteiger partial charge in [-0.3, -0.25) is 24.6 Å². The van der Waals surface area contributed by atoms with Crippen LogP contribution in [0.25, 0.3) is 16.5 Å². The van der Waals surface area contributed by atoms with Gasteiger partial charge in [0, 0.05) is 22.9 Å². The van der Waals surface area contributed by atoms with E-state index < -0.39 is 5.91 Å². The molecule has 0 fully saturated rings. The molecule has 0 bridgehead atoms. The van der Waals surface area contributed by atoms with Gasteiger partial charge in [0.25, 0.3) is 11.5 Å². The number of fused-ring (bicyclic) bond motifs is 1. The Morgan fingerprint density at radius 1 is 1.10 bits per heavy atom. The second kappa shape index (κ2) is 7.82. The lowest BCUT2D eigenvalue weighted by atomic mass is 10.1. The molecule has 8 nitrogen and oxygen atoms in total. The van der Waals surface area contributed by atoms with E-state index in [1.807, 2.05) is 19.9 Å². The predicted octanol–water partition coefficient (Wildman–Crippen LogP) is 3.49. The minimum absolute atomic E-state index is 0.149. The number of aromatic nitrogens is 4. The van der Waals surface area contributed by atoms with E-state index in [0.29, 0.717) is 33.6 Å². The second-order valence-corrected chi connectivity index (χ2v) is 7.09. The quantitative estimate of drug-likeness (QED) is 0.531. The Balaban J connectivity index is 1.85. The number of para-hydroxylation sites is 2. The highest BCUT2D eigenvalue weighted by atomic mass is 16.5. The molecule has 152 valence electrons. The molecule has 0 saturated heterocycles. The summed E-state index contributed by atoms with van der Waals surface area (Å²) in [6.45, 7) is 3.95. The molecule has 0 unspecified atom stereocenters. The smallest absolute Gasteiger partial charge is 0.263 e. The molecule has 0 aliphatic carbocycles. The Hall–Kier alpha value is -3.94. The third-order valence-electron chi connectivity index (χ3n) is 4.79. The summed E-state index contributed by atoms with van der Waals surface area (Å²) in [5.74, 6) is 1.12. The van der Waals surface area contributed by atoms with Crippen molar-refractivity contribution < 1.29 is 9.53 Å². The number of nitrogens with zero attached hydrogens (tertiary/aromatic N) is 3. The first kappa shape index (κ1) is 19.4. The monoisotopic (exact) mass is 403 g/mol. The minimum atomic E-state index is -0.413. The zero-order valence-electron chi connectivity index (χ0n) is 16.8. The van der Waals surface area contributed by atoms with Crippen LogP contribution in [0.15, 0.2) is 59.5 Å². The summed E-state index contributed by atoms with van der Waals surface area (Å²) in [5, 5.41) is 10.6. The molecule has 0 atom stereocenters. The van der Waals surface area contributed by atoms with Gasteiger partial charge in [0.05, 0.1) is 18.4 Å². The molecule has 0 radical (unpaired) electrons. The zero-order valence-corrected chi connectivity index (χ0v) is 16.8. The molecule has 1 amide bonds. The summed E-state index contributed by atoms with van der Waals surface area (Å²) in [6, 6.07) is 14.1. The minimum Gasteiger partial charge on any atom is -0.495 e. The van der Waals surface area contributed by atoms with Crippen molar-refractivity contribution in [1.29, 1.82) is 0 Å². The van der Waals surface area contributed by atoms with E-state index in [2.05, 4.69) is 20.5 Å². The first-order valence-electron chi connectivity index (χ1n) is 9.51. The number of methoxy groups -OCH3 is 1. The van der Waals surface area contributed by atoms with Crippen molar-refractivity contribution in [3.63, 3.8) is 0 Å². The van der Waals surface area contributed by atoms with Gasteiger partial charge >= 0.3 is 0 Å². The molecule has 0 saturated carbocycles. The SMILES string of the molecule is COc1ccccc1-n1cc(C(=O)Nc2n[nH]c(C(C)C)n2)c2ccccc2c1=O. The molecule has 0 aliphatic rings. The lowest BCUT2D eigenvalue weighted by Gasteiger charge is -2.14. The number of hydrogen-bond donors (Lipinski definition) is 2. The summed E-state index contributed by atoms with van der Waals surface area (Å²) in [5.41, 5.74) is 0.628. The van der Waals surface area contributed by atoms with E-state index in [1.54, 1.807) is 42.5 Å². The number of ether oxygens (including phenoxy) is 1. The summed E-state index contributed by atoms with van der Waals surface area (Å²) in [7, 11) is 1.54. The summed E-state index contributed by atoms with van der Waals surface area (Å²) in [6.07, 6.45) is 1.52. The number of nitrogens with one attached hydrogen (secondary N) is 2. The van der Waals surface area contributed by atoms with Crippen LogP contribution < -0.4 is 15.6 Å². The van der Waals surface area contributed by atoms with Gasteiger partial charge in [-0.2, -0.15) is 4.98 Å². The Kier molecular flexibility index (Phi) is 5.05. The largest absolute Gasteiger partial charge is 0.495 e. The van der Waals surface area contributed by atoms with E-state index >= 15 is 0 Å². The maximum atomic E-state index is 13.2. The highest BCUT2D eigenvalue weighted by Gasteiger charge is 2.18. The standard InChI is InChI=1S/C22H21N5O3/c1-13(2)19-23-22(26-25-19)24-20(28)16-12-27(17-10-6-7-11-18(17)30-3)21(29)15-9-5-4-8-14(15)16/h4-13H,1-3H3,(H2,23,24,25,26,28). The van der Waals surface area contributed by atoms with E-state index in [4.69, 9.17) is 4.74 Å². The topological polar surface area (TPSA) is 102 Å². The van der Waals surface area contributed by atoms with Crippen LogP contribution in [0.5, 0.6) is 5.75 Å². The first-order valence-corrected chi connectivity index (χ1v) is 9.51. The summed E-state index contributed by atoms with van der Waals surface area (Å²) in [4.78, 5) is 30.6. The Labute approximate surface area is 172 Å². The van der Waals surface area contributed by atoms with E-state index in [-0.39, 0.29) is 17.4 Å². The van der Waals surface area contributed by atoms with Crippen molar-refractivity contribution in [2.75, 3.05) is 12.4 Å². The number of anilines is 1. The third kappa shape index (κ3) is 3.43. The van der Waals surface area contributed by atoms with Crippen molar-refractivity contribution in [3.05, 3.63) is 76.5 Å². The number of benzene rings is 2. The molecule has 0 spiro atoms. The van der Waals surface area contributed by atoms with Crippen LogP contribution in [0.2, 0.25) is 0 Å². The number of aromatic amines is 1. The van der Waals surface area contributed by atoms with Crippen LogP contribution in [0.4, 0.5) is 5.95 Å². The Morgan fingerprint density at radius 2 is 1.80 bits per heavy atom. The molecule has 4 rings (SSSR count). The van der Waals surface area contributed by atoms with Crippen molar-refractivity contribution in [3.8, 4) is 11.4 Å². The Bertz CT molecular complexity index is 1290. The number of hydrogen-bond acceptors (Lipinski definition) is 5. The van der Waals surface area contributed by atoms with Crippen molar-refractivity contribution in [2.24, 2.45) is 0 Å². The molecular formula is C22H21N5O3. The maximum absolute atomic E-state index is 13.2. The van der Waals surface area contributed by atoms with Crippen LogP contribution in [0, 0.1) is 0 Å². The van der Waals surface area contributed by atoms with Gasteiger partial charge in [0.1, 0.15) is 11.6 Å². The van der Waals surface area contributed by atoms with E-state index in [9.17, 15) is 9.59 Å². The van der Waals surface area contributed by atoms with Crippen LogP contribution in [0.1, 0.15) is 35.9 Å². The second-order valence-electron chi connectivity index (χ2n) is 7.09. The van der Waals surface area contributed by atoms with Gasteiger partial charge in [-0.05, 0) is 18.2 Å². The third-order valence-corrected chi connectivity index (χ3v) is 4.79. The number of pyridine rings is 1. The number of H-pyrrole nitrogens is 1. The number of rotatable bonds is 5. The first-order chi connectivity index (χ1) is 14.5. The van der Waals surface area contributed by atoms with E-state index in [0.717, 1.165) is 0 Å². The molecule has 0 aliphatic heterocycles. The zero-order chi connectivity index (χ0) is 21.3. The van der Waals surface area contributed by atoms with Crippen LogP contribution in [-0.2, 0) is 0 Å². The highest BCUT2D eigenvalue weighted by Crippen LogP contribution is 2.24. The predicted molar refractivity (Wildman–Crippen MR) is 115 cm³/mol. The molecule has 2 aromatic carbocycles. The number of amides is 1. The van der Waals surface area contributed by atoms with Crippen LogP contribution >= 0.6 is 0 Å². The lowest BCUT2D eigenvalue weighted by Crippen LogP contribution is -2.23. The average Bonchev–Trinajstić information content (AvgIpc) is 3.23. The van der Waals surface area contributed by atoms with Crippen molar-refractivity contribution in [1.82, 2.24) is 19.7 Å². The summed E-state index contributed by atoms with van der Waals surface area (Å²) < 4.78 is 6.83. The van der Waals surface area contributed by atoms with Crippen LogP contribution in [-0.4, -0.2) is 32.8 Å². The number of carbonyl (C=O) groups is 1. The molecule has 2 aromatic heterocycles. The van der Waals surface area contributed by atoms with Gasteiger partial charge in [-0.1, -0.05) is 44.2 Å². The van der Waals surface area contributed by atoms with E-state index in [1.165, 1.54) is 17.9 Å². The molecule has 30 heavy (non-hydrogen) atoms. The van der Waals surface area contributed by atoms with Gasteiger partial charge < -0.3 is 4.74 Å². The molecule has 2 heterocycles. The van der Waals surface area contributed by atoms with Gasteiger partial charge in [0.2, 0.25) is 5.95 Å². The molecular weight excluding hydrogens is 382 g/mol. The van der Waals surface area contributed by atoms with Crippen LogP contribution in [0.3, 0.4) is 0 Å². The lowest BCUT2D eigenvalue weighted by molar-refractivity contribution is 0.102. The van der Waals surface area contributed by atoms with Crippen molar-refractivity contribution >= 4 is 22.6 Å². The molecule has 2 N–H and O–H groups in total. The van der Waals surface area contributed by atoms with Gasteiger partial charge in [0.15, 0.2) is 0 Å².